The summed E-state index contributed by atoms with van der Waals surface area (Å²) in [6.45, 7) is 0. The molecule has 0 aliphatic rings. The first-order valence-corrected chi connectivity index (χ1v) is 3.70. The summed E-state index contributed by atoms with van der Waals surface area (Å²) in [6, 6.07) is 2.62. The van der Waals surface area contributed by atoms with Gasteiger partial charge in [-0.05, 0) is 24.1 Å². The Labute approximate surface area is 74.4 Å². The van der Waals surface area contributed by atoms with Gasteiger partial charge in [-0.2, -0.15) is 0 Å². The van der Waals surface area contributed by atoms with Crippen molar-refractivity contribution in [1.82, 2.24) is 0 Å². The average Bonchev–Trinajstić information content (AvgIpc) is 2.11. The van der Waals surface area contributed by atoms with E-state index in [2.05, 4.69) is 0 Å². The third kappa shape index (κ3) is 2.59. The predicted octanol–water partition coefficient (Wildman–Crippen LogP) is 0.944. The molecule has 0 heterocycles. The summed E-state index contributed by atoms with van der Waals surface area (Å²) in [7, 11) is 0. The van der Waals surface area contributed by atoms with Gasteiger partial charge in [0.25, 0.3) is 0 Å². The van der Waals surface area contributed by atoms with Crippen LogP contribution < -0.4 is 5.73 Å². The first-order valence-electron chi connectivity index (χ1n) is 3.70. The third-order valence-electron chi connectivity index (χ3n) is 1.59. The lowest BCUT2D eigenvalue weighted by atomic mass is 10.1. The number of nitrogens with two attached hydrogens (primary N) is 1. The molecule has 4 heteroatoms. The van der Waals surface area contributed by atoms with Crippen LogP contribution in [0.5, 0.6) is 0 Å². The number of benzene rings is 1. The summed E-state index contributed by atoms with van der Waals surface area (Å²) < 4.78 is 25.1. The van der Waals surface area contributed by atoms with E-state index in [-0.39, 0.29) is 6.42 Å². The fourth-order valence-corrected chi connectivity index (χ4v) is 0.962. The van der Waals surface area contributed by atoms with Crippen LogP contribution in [0.4, 0.5) is 8.78 Å². The Balaban J connectivity index is 2.79. The number of hydrogen-bond donors (Lipinski definition) is 1. The minimum Gasteiger partial charge on any atom is -0.321 e. The summed E-state index contributed by atoms with van der Waals surface area (Å²) in [5.74, 6) is -1.84. The number of hydrogen-bond acceptors (Lipinski definition) is 2. The molecular formula is C9H8F2NO. The molecule has 1 aromatic carbocycles. The van der Waals surface area contributed by atoms with E-state index in [1.54, 1.807) is 6.29 Å². The summed E-state index contributed by atoms with van der Waals surface area (Å²) >= 11 is 0. The van der Waals surface area contributed by atoms with Gasteiger partial charge in [-0.1, -0.05) is 6.07 Å². The maximum atomic E-state index is 12.6. The lowest BCUT2D eigenvalue weighted by molar-refractivity contribution is 0.506. The molecule has 0 saturated heterocycles. The van der Waals surface area contributed by atoms with Gasteiger partial charge in [0.1, 0.15) is 0 Å². The van der Waals surface area contributed by atoms with E-state index >= 15 is 0 Å². The molecule has 0 amide bonds. The normalized spacial score (nSPS) is 12.5. The first-order chi connectivity index (χ1) is 6.13. The van der Waals surface area contributed by atoms with Crippen molar-refractivity contribution in [3.8, 4) is 0 Å². The molecule has 1 radical (unpaired) electrons. The smallest absolute Gasteiger partial charge is 0.217 e. The monoisotopic (exact) mass is 184 g/mol. The zero-order valence-electron chi connectivity index (χ0n) is 6.76. The van der Waals surface area contributed by atoms with Crippen molar-refractivity contribution in [2.24, 2.45) is 5.73 Å². The van der Waals surface area contributed by atoms with Gasteiger partial charge in [-0.15, -0.1) is 0 Å². The largest absolute Gasteiger partial charge is 0.321 e. The van der Waals surface area contributed by atoms with E-state index in [9.17, 15) is 13.6 Å². The molecule has 1 rings (SSSR count). The highest BCUT2D eigenvalue weighted by Gasteiger charge is 2.06. The highest BCUT2D eigenvalue weighted by atomic mass is 19.2. The standard InChI is InChI=1S/C9H8F2NO/c10-8-2-1-6(4-9(8)11)3-7(12)5-13/h1-2,4,7H,3,12H2. The molecule has 2 N–H and O–H groups in total. The lowest BCUT2D eigenvalue weighted by Gasteiger charge is -2.03. The quantitative estimate of drug-likeness (QED) is 0.759. The SMILES string of the molecule is NC([C]=O)Cc1ccc(F)c(F)c1. The molecule has 1 atom stereocenters. The molecule has 69 valence electrons. The van der Waals surface area contributed by atoms with E-state index in [1.807, 2.05) is 0 Å². The van der Waals surface area contributed by atoms with Crippen LogP contribution in [0.15, 0.2) is 18.2 Å². The van der Waals surface area contributed by atoms with Crippen molar-refractivity contribution in [1.29, 1.82) is 0 Å². The van der Waals surface area contributed by atoms with Gasteiger partial charge < -0.3 is 5.73 Å². The van der Waals surface area contributed by atoms with Gasteiger partial charge in [-0.3, -0.25) is 4.79 Å². The van der Waals surface area contributed by atoms with Gasteiger partial charge in [0, 0.05) is 0 Å². The van der Waals surface area contributed by atoms with Gasteiger partial charge in [0.05, 0.1) is 6.04 Å². The minimum atomic E-state index is -0.935. The Hall–Kier alpha value is -1.29. The summed E-state index contributed by atoms with van der Waals surface area (Å²) in [5.41, 5.74) is 5.73. The Morgan fingerprint density at radius 3 is 2.62 bits per heavy atom. The zero-order chi connectivity index (χ0) is 9.84. The number of halogens is 2. The second kappa shape index (κ2) is 4.09. The molecule has 1 unspecified atom stereocenters. The zero-order valence-corrected chi connectivity index (χ0v) is 6.76. The molecular weight excluding hydrogens is 176 g/mol. The Morgan fingerprint density at radius 2 is 2.08 bits per heavy atom. The minimum absolute atomic E-state index is 0.167. The molecule has 0 fully saturated rings. The van der Waals surface area contributed by atoms with Crippen LogP contribution in [0.25, 0.3) is 0 Å². The van der Waals surface area contributed by atoms with E-state index in [0.717, 1.165) is 12.1 Å². The fourth-order valence-electron chi connectivity index (χ4n) is 0.962. The molecule has 13 heavy (non-hydrogen) atoms. The predicted molar refractivity (Wildman–Crippen MR) is 43.7 cm³/mol. The third-order valence-corrected chi connectivity index (χ3v) is 1.59. The first kappa shape index (κ1) is 9.80. The van der Waals surface area contributed by atoms with Crippen LogP contribution in [-0.4, -0.2) is 12.3 Å². The van der Waals surface area contributed by atoms with Crippen molar-refractivity contribution in [3.05, 3.63) is 35.4 Å². The van der Waals surface area contributed by atoms with Crippen molar-refractivity contribution < 1.29 is 13.6 Å². The molecule has 0 aliphatic heterocycles. The summed E-state index contributed by atoms with van der Waals surface area (Å²) in [6.07, 6.45) is 1.73. The second-order valence-corrected chi connectivity index (χ2v) is 2.68. The Morgan fingerprint density at radius 1 is 1.38 bits per heavy atom. The molecule has 0 saturated carbocycles. The Kier molecular flexibility index (Phi) is 3.08. The van der Waals surface area contributed by atoms with Crippen LogP contribution >= 0.6 is 0 Å². The second-order valence-electron chi connectivity index (χ2n) is 2.68. The van der Waals surface area contributed by atoms with Crippen molar-refractivity contribution >= 4 is 6.29 Å². The maximum Gasteiger partial charge on any atom is 0.217 e. The lowest BCUT2D eigenvalue weighted by Crippen LogP contribution is -2.24. The van der Waals surface area contributed by atoms with E-state index in [0.29, 0.717) is 5.56 Å². The van der Waals surface area contributed by atoms with Gasteiger partial charge in [0.15, 0.2) is 11.6 Å². The van der Waals surface area contributed by atoms with Gasteiger partial charge in [-0.25, -0.2) is 8.78 Å². The fraction of sp³-hybridized carbons (Fsp3) is 0.222. The highest BCUT2D eigenvalue weighted by Crippen LogP contribution is 2.09. The van der Waals surface area contributed by atoms with Crippen LogP contribution in [0.2, 0.25) is 0 Å². The van der Waals surface area contributed by atoms with Gasteiger partial charge >= 0.3 is 0 Å². The summed E-state index contributed by atoms with van der Waals surface area (Å²) in [4.78, 5) is 10.0. The van der Waals surface area contributed by atoms with E-state index in [1.165, 1.54) is 6.07 Å². The molecule has 0 bridgehead atoms. The molecule has 0 aromatic heterocycles. The van der Waals surface area contributed by atoms with E-state index in [4.69, 9.17) is 5.73 Å². The van der Waals surface area contributed by atoms with Crippen molar-refractivity contribution in [2.75, 3.05) is 0 Å². The molecule has 1 aromatic rings. The van der Waals surface area contributed by atoms with Gasteiger partial charge in [0.2, 0.25) is 6.29 Å². The number of rotatable bonds is 3. The maximum absolute atomic E-state index is 12.6. The highest BCUT2D eigenvalue weighted by molar-refractivity contribution is 5.58. The molecule has 2 nitrogen and oxygen atoms in total. The van der Waals surface area contributed by atoms with Crippen LogP contribution in [-0.2, 0) is 11.2 Å². The van der Waals surface area contributed by atoms with E-state index < -0.39 is 17.7 Å². The van der Waals surface area contributed by atoms with Crippen LogP contribution in [0, 0.1) is 11.6 Å². The molecule has 0 aliphatic carbocycles. The van der Waals surface area contributed by atoms with Crippen molar-refractivity contribution in [3.63, 3.8) is 0 Å². The number of carbonyl (C=O) groups excluding carboxylic acids is 1. The Bertz CT molecular complexity index is 314. The topological polar surface area (TPSA) is 43.1 Å². The average molecular weight is 184 g/mol. The van der Waals surface area contributed by atoms with Crippen LogP contribution in [0.1, 0.15) is 5.56 Å². The van der Waals surface area contributed by atoms with Crippen LogP contribution in [0.3, 0.4) is 0 Å². The summed E-state index contributed by atoms with van der Waals surface area (Å²) in [5, 5.41) is 0. The van der Waals surface area contributed by atoms with Crippen molar-refractivity contribution in [2.45, 2.75) is 12.5 Å². The molecule has 0 spiro atoms.